The number of hydrogen-bond acceptors (Lipinski definition) is 5. The van der Waals surface area contributed by atoms with E-state index in [-0.39, 0.29) is 0 Å². The zero-order valence-electron chi connectivity index (χ0n) is 11.2. The third kappa shape index (κ3) is 2.08. The first-order chi connectivity index (χ1) is 9.16. The van der Waals surface area contributed by atoms with E-state index in [0.29, 0.717) is 0 Å². The molecule has 0 saturated heterocycles. The van der Waals surface area contributed by atoms with Crippen molar-refractivity contribution in [3.8, 4) is 0 Å². The Bertz CT molecular complexity index is 715. The highest BCUT2D eigenvalue weighted by molar-refractivity contribution is 7.10. The maximum atomic E-state index is 4.40. The number of aromatic nitrogens is 4. The zero-order valence-corrected chi connectivity index (χ0v) is 12.0. The van der Waals surface area contributed by atoms with Crippen LogP contribution in [0.25, 0.3) is 11.0 Å². The molecule has 6 heteroatoms. The average Bonchev–Trinajstić information content (AvgIpc) is 2.97. The summed E-state index contributed by atoms with van der Waals surface area (Å²) in [7, 11) is 3.94. The van der Waals surface area contributed by atoms with Crippen molar-refractivity contribution < 1.29 is 0 Å². The predicted octanol–water partition coefficient (Wildman–Crippen LogP) is 2.37. The van der Waals surface area contributed by atoms with E-state index in [1.165, 1.54) is 10.4 Å². The first-order valence-electron chi connectivity index (χ1n) is 6.03. The molecule has 0 spiro atoms. The van der Waals surface area contributed by atoms with Crippen molar-refractivity contribution in [2.45, 2.75) is 13.5 Å². The van der Waals surface area contributed by atoms with Crippen LogP contribution in [0.15, 0.2) is 24.0 Å². The minimum Gasteiger partial charge on any atom is -0.354 e. The van der Waals surface area contributed by atoms with E-state index in [0.717, 1.165) is 23.4 Å². The van der Waals surface area contributed by atoms with Gasteiger partial charge in [-0.2, -0.15) is 5.10 Å². The Morgan fingerprint density at radius 2 is 2.21 bits per heavy atom. The van der Waals surface area contributed by atoms with Crippen LogP contribution >= 0.6 is 11.3 Å². The number of rotatable bonds is 3. The highest BCUT2D eigenvalue weighted by Crippen LogP contribution is 2.24. The maximum absolute atomic E-state index is 4.40. The van der Waals surface area contributed by atoms with Crippen LogP contribution in [0.3, 0.4) is 0 Å². The Morgan fingerprint density at radius 1 is 1.37 bits per heavy atom. The van der Waals surface area contributed by atoms with Crippen molar-refractivity contribution in [2.24, 2.45) is 7.05 Å². The van der Waals surface area contributed by atoms with Crippen molar-refractivity contribution in [1.29, 1.82) is 0 Å². The Labute approximate surface area is 115 Å². The van der Waals surface area contributed by atoms with Gasteiger partial charge >= 0.3 is 0 Å². The minimum atomic E-state index is 0.852. The van der Waals surface area contributed by atoms with E-state index in [1.54, 1.807) is 22.3 Å². The first-order valence-corrected chi connectivity index (χ1v) is 6.91. The van der Waals surface area contributed by atoms with Gasteiger partial charge in [-0.3, -0.25) is 4.68 Å². The summed E-state index contributed by atoms with van der Waals surface area (Å²) in [6.07, 6.45) is 3.42. The molecule has 0 aliphatic rings. The molecule has 0 fully saturated rings. The van der Waals surface area contributed by atoms with Crippen molar-refractivity contribution in [1.82, 2.24) is 19.7 Å². The van der Waals surface area contributed by atoms with Crippen LogP contribution in [0.2, 0.25) is 0 Å². The molecule has 3 heterocycles. The van der Waals surface area contributed by atoms with Gasteiger partial charge in [-0.05, 0) is 23.9 Å². The van der Waals surface area contributed by atoms with Crippen LogP contribution in [0.5, 0.6) is 0 Å². The van der Waals surface area contributed by atoms with E-state index >= 15 is 0 Å². The second-order valence-electron chi connectivity index (χ2n) is 4.59. The molecule has 0 amide bonds. The molecule has 19 heavy (non-hydrogen) atoms. The van der Waals surface area contributed by atoms with Crippen LogP contribution < -0.4 is 4.90 Å². The minimum absolute atomic E-state index is 0.852. The second-order valence-corrected chi connectivity index (χ2v) is 5.59. The van der Waals surface area contributed by atoms with Crippen LogP contribution in [-0.2, 0) is 13.6 Å². The molecule has 0 atom stereocenters. The summed E-state index contributed by atoms with van der Waals surface area (Å²) in [6.45, 7) is 2.99. The monoisotopic (exact) mass is 273 g/mol. The van der Waals surface area contributed by atoms with Crippen molar-refractivity contribution in [3.05, 3.63) is 34.4 Å². The van der Waals surface area contributed by atoms with Gasteiger partial charge in [0.25, 0.3) is 0 Å². The lowest BCUT2D eigenvalue weighted by molar-refractivity contribution is 0.785. The van der Waals surface area contributed by atoms with Gasteiger partial charge in [-0.25, -0.2) is 9.97 Å². The van der Waals surface area contributed by atoms with Crippen LogP contribution in [0.4, 0.5) is 5.82 Å². The highest BCUT2D eigenvalue weighted by Gasteiger charge is 2.13. The summed E-state index contributed by atoms with van der Waals surface area (Å²) in [4.78, 5) is 12.2. The van der Waals surface area contributed by atoms with Crippen LogP contribution in [-0.4, -0.2) is 26.8 Å². The van der Waals surface area contributed by atoms with Crippen molar-refractivity contribution >= 4 is 28.2 Å². The number of fused-ring (bicyclic) bond motifs is 1. The fourth-order valence-corrected chi connectivity index (χ4v) is 3.07. The molecule has 0 aromatic carbocycles. The van der Waals surface area contributed by atoms with Gasteiger partial charge in [0.05, 0.1) is 18.1 Å². The molecule has 3 aromatic rings. The molecule has 0 N–H and O–H groups in total. The smallest absolute Gasteiger partial charge is 0.163 e. The quantitative estimate of drug-likeness (QED) is 0.735. The van der Waals surface area contributed by atoms with E-state index in [2.05, 4.69) is 38.3 Å². The fourth-order valence-electron chi connectivity index (χ4n) is 2.11. The molecule has 3 rings (SSSR count). The van der Waals surface area contributed by atoms with E-state index in [1.807, 2.05) is 20.3 Å². The topological polar surface area (TPSA) is 46.8 Å². The molecule has 0 bridgehead atoms. The summed E-state index contributed by atoms with van der Waals surface area (Å²) in [5, 5.41) is 7.35. The molecule has 0 unspecified atom stereocenters. The molecule has 5 nitrogen and oxygen atoms in total. The summed E-state index contributed by atoms with van der Waals surface area (Å²) >= 11 is 1.78. The molecule has 98 valence electrons. The Morgan fingerprint density at radius 3 is 2.95 bits per heavy atom. The summed E-state index contributed by atoms with van der Waals surface area (Å²) in [6, 6.07) is 2.15. The normalized spacial score (nSPS) is 11.1. The average molecular weight is 273 g/mol. The predicted molar refractivity (Wildman–Crippen MR) is 77.5 cm³/mol. The lowest BCUT2D eigenvalue weighted by Gasteiger charge is -2.18. The van der Waals surface area contributed by atoms with Crippen molar-refractivity contribution in [3.63, 3.8) is 0 Å². The van der Waals surface area contributed by atoms with Crippen LogP contribution in [0, 0.1) is 6.92 Å². The van der Waals surface area contributed by atoms with E-state index < -0.39 is 0 Å². The van der Waals surface area contributed by atoms with Gasteiger partial charge in [0.1, 0.15) is 12.1 Å². The fraction of sp³-hybridized carbons (Fsp3) is 0.308. The van der Waals surface area contributed by atoms with Gasteiger partial charge in [0, 0.05) is 19.0 Å². The number of nitrogens with zero attached hydrogens (tertiary/aromatic N) is 5. The van der Waals surface area contributed by atoms with Crippen molar-refractivity contribution in [2.75, 3.05) is 11.9 Å². The summed E-state index contributed by atoms with van der Waals surface area (Å²) in [5.41, 5.74) is 2.19. The van der Waals surface area contributed by atoms with Gasteiger partial charge in [-0.1, -0.05) is 0 Å². The largest absolute Gasteiger partial charge is 0.354 e. The molecular formula is C13H15N5S. The summed E-state index contributed by atoms with van der Waals surface area (Å²) < 4.78 is 1.77. The standard InChI is InChI=1S/C13H15N5S/c1-9-4-5-19-11(9)7-17(2)12-10-6-16-18(3)13(10)15-8-14-12/h4-6,8H,7H2,1-3H3. The first kappa shape index (κ1) is 12.1. The van der Waals surface area contributed by atoms with Gasteiger partial charge in [-0.15, -0.1) is 11.3 Å². The number of aryl methyl sites for hydroxylation is 2. The molecule has 0 radical (unpaired) electrons. The second kappa shape index (κ2) is 4.62. The third-order valence-corrected chi connectivity index (χ3v) is 4.23. The number of thiophene rings is 1. The lowest BCUT2D eigenvalue weighted by atomic mass is 10.3. The number of anilines is 1. The Kier molecular flexibility index (Phi) is 2.94. The van der Waals surface area contributed by atoms with Gasteiger partial charge in [0.15, 0.2) is 5.65 Å². The molecule has 3 aromatic heterocycles. The third-order valence-electron chi connectivity index (χ3n) is 3.22. The van der Waals surface area contributed by atoms with E-state index in [4.69, 9.17) is 0 Å². The molecular weight excluding hydrogens is 258 g/mol. The lowest BCUT2D eigenvalue weighted by Crippen LogP contribution is -2.17. The summed E-state index contributed by atoms with van der Waals surface area (Å²) in [5.74, 6) is 0.922. The zero-order chi connectivity index (χ0) is 13.4. The molecule has 0 aliphatic carbocycles. The highest BCUT2D eigenvalue weighted by atomic mass is 32.1. The van der Waals surface area contributed by atoms with Gasteiger partial charge in [0.2, 0.25) is 0 Å². The molecule has 0 saturated carbocycles. The van der Waals surface area contributed by atoms with Gasteiger partial charge < -0.3 is 4.90 Å². The van der Waals surface area contributed by atoms with E-state index in [9.17, 15) is 0 Å². The number of hydrogen-bond donors (Lipinski definition) is 0. The maximum Gasteiger partial charge on any atom is 0.163 e. The molecule has 0 aliphatic heterocycles. The Balaban J connectivity index is 1.98. The Hall–Kier alpha value is -1.95. The van der Waals surface area contributed by atoms with Crippen LogP contribution in [0.1, 0.15) is 10.4 Å². The SMILES string of the molecule is Cc1ccsc1CN(C)c1ncnc2c1cnn2C.